The normalized spacial score (nSPS) is 15.0. The van der Waals surface area contributed by atoms with Crippen molar-refractivity contribution in [2.24, 2.45) is 0 Å². The fourth-order valence-corrected chi connectivity index (χ4v) is 3.07. The third-order valence-corrected chi connectivity index (χ3v) is 4.43. The first-order valence-corrected chi connectivity index (χ1v) is 8.44. The van der Waals surface area contributed by atoms with Gasteiger partial charge < -0.3 is 14.7 Å². The molecule has 1 fully saturated rings. The molecule has 1 saturated heterocycles. The van der Waals surface area contributed by atoms with Crippen molar-refractivity contribution in [1.82, 2.24) is 4.90 Å². The van der Waals surface area contributed by atoms with Crippen LogP contribution < -0.4 is 4.74 Å². The number of carboxylic acid groups (broad SMARTS) is 1. The average Bonchev–Trinajstić information content (AvgIpc) is 2.63. The van der Waals surface area contributed by atoms with Gasteiger partial charge in [-0.1, -0.05) is 36.4 Å². The Morgan fingerprint density at radius 2 is 1.64 bits per heavy atom. The molecular weight excluding hydrogens is 318 g/mol. The number of carbonyl (C=O) groups is 2. The van der Waals surface area contributed by atoms with Crippen LogP contribution in [0.2, 0.25) is 0 Å². The van der Waals surface area contributed by atoms with Crippen LogP contribution in [0.5, 0.6) is 5.75 Å². The number of ether oxygens (including phenoxy) is 1. The summed E-state index contributed by atoms with van der Waals surface area (Å²) in [6.45, 7) is 1.26. The SMILES string of the molecule is O=C(O)c1ccccc1CC(=O)N1CCC(Oc2ccccc2)CC1. The maximum Gasteiger partial charge on any atom is 0.335 e. The van der Waals surface area contributed by atoms with E-state index in [4.69, 9.17) is 4.74 Å². The Kier molecular flexibility index (Phi) is 5.33. The van der Waals surface area contributed by atoms with E-state index in [1.807, 2.05) is 30.3 Å². The van der Waals surface area contributed by atoms with Gasteiger partial charge in [-0.2, -0.15) is 0 Å². The van der Waals surface area contributed by atoms with Gasteiger partial charge in [-0.25, -0.2) is 4.79 Å². The number of benzene rings is 2. The van der Waals surface area contributed by atoms with Crippen LogP contribution in [0.3, 0.4) is 0 Å². The molecule has 5 nitrogen and oxygen atoms in total. The number of likely N-dealkylation sites (tertiary alicyclic amines) is 1. The van der Waals surface area contributed by atoms with Gasteiger partial charge >= 0.3 is 5.97 Å². The topological polar surface area (TPSA) is 66.8 Å². The molecule has 130 valence electrons. The van der Waals surface area contributed by atoms with Crippen molar-refractivity contribution in [3.05, 3.63) is 65.7 Å². The molecule has 0 aromatic heterocycles. The first-order valence-electron chi connectivity index (χ1n) is 8.44. The van der Waals surface area contributed by atoms with E-state index in [1.54, 1.807) is 23.1 Å². The maximum absolute atomic E-state index is 12.5. The highest BCUT2D eigenvalue weighted by atomic mass is 16.5. The lowest BCUT2D eigenvalue weighted by Crippen LogP contribution is -2.42. The monoisotopic (exact) mass is 339 g/mol. The summed E-state index contributed by atoms with van der Waals surface area (Å²) in [5.74, 6) is -0.187. The number of para-hydroxylation sites is 1. The summed E-state index contributed by atoms with van der Waals surface area (Å²) in [6.07, 6.45) is 1.78. The fraction of sp³-hybridized carbons (Fsp3) is 0.300. The number of hydrogen-bond donors (Lipinski definition) is 1. The minimum Gasteiger partial charge on any atom is -0.490 e. The van der Waals surface area contributed by atoms with E-state index in [-0.39, 0.29) is 24.0 Å². The molecular formula is C20H21NO4. The zero-order chi connectivity index (χ0) is 17.6. The van der Waals surface area contributed by atoms with Gasteiger partial charge in [-0.3, -0.25) is 4.79 Å². The molecule has 0 radical (unpaired) electrons. The average molecular weight is 339 g/mol. The molecule has 1 amide bonds. The number of carboxylic acids is 1. The zero-order valence-electron chi connectivity index (χ0n) is 13.9. The van der Waals surface area contributed by atoms with Gasteiger partial charge in [0.25, 0.3) is 0 Å². The molecule has 0 spiro atoms. The van der Waals surface area contributed by atoms with Crippen LogP contribution in [-0.2, 0) is 11.2 Å². The molecule has 0 atom stereocenters. The van der Waals surface area contributed by atoms with Crippen LogP contribution >= 0.6 is 0 Å². The van der Waals surface area contributed by atoms with Crippen LogP contribution in [0.4, 0.5) is 0 Å². The lowest BCUT2D eigenvalue weighted by molar-refractivity contribution is -0.132. The number of hydrogen-bond acceptors (Lipinski definition) is 3. The summed E-state index contributed by atoms with van der Waals surface area (Å²) in [7, 11) is 0. The van der Waals surface area contributed by atoms with Crippen LogP contribution in [0.25, 0.3) is 0 Å². The molecule has 1 aliphatic rings. The molecule has 1 N–H and O–H groups in total. The van der Waals surface area contributed by atoms with Crippen molar-refractivity contribution in [2.45, 2.75) is 25.4 Å². The molecule has 1 aliphatic heterocycles. The Bertz CT molecular complexity index is 736. The Morgan fingerprint density at radius 1 is 1.00 bits per heavy atom. The van der Waals surface area contributed by atoms with Crippen molar-refractivity contribution in [1.29, 1.82) is 0 Å². The Morgan fingerprint density at radius 3 is 2.32 bits per heavy atom. The van der Waals surface area contributed by atoms with Gasteiger partial charge in [-0.05, 0) is 23.8 Å². The highest BCUT2D eigenvalue weighted by Gasteiger charge is 2.24. The van der Waals surface area contributed by atoms with Crippen molar-refractivity contribution in [2.75, 3.05) is 13.1 Å². The molecule has 1 heterocycles. The van der Waals surface area contributed by atoms with Crippen LogP contribution in [0, 0.1) is 0 Å². The molecule has 3 rings (SSSR count). The van der Waals surface area contributed by atoms with E-state index >= 15 is 0 Å². The van der Waals surface area contributed by atoms with Gasteiger partial charge in [0, 0.05) is 25.9 Å². The predicted molar refractivity (Wildman–Crippen MR) is 93.8 cm³/mol. The van der Waals surface area contributed by atoms with Gasteiger partial charge in [0.2, 0.25) is 5.91 Å². The Balaban J connectivity index is 1.54. The van der Waals surface area contributed by atoms with Crippen molar-refractivity contribution < 1.29 is 19.4 Å². The van der Waals surface area contributed by atoms with E-state index in [1.165, 1.54) is 6.07 Å². The maximum atomic E-state index is 12.5. The Labute approximate surface area is 146 Å². The molecule has 2 aromatic carbocycles. The quantitative estimate of drug-likeness (QED) is 0.909. The third-order valence-electron chi connectivity index (χ3n) is 4.43. The number of piperidine rings is 1. The van der Waals surface area contributed by atoms with E-state index < -0.39 is 5.97 Å². The lowest BCUT2D eigenvalue weighted by Gasteiger charge is -2.32. The van der Waals surface area contributed by atoms with E-state index in [9.17, 15) is 14.7 Å². The van der Waals surface area contributed by atoms with Crippen molar-refractivity contribution in [3.8, 4) is 5.75 Å². The summed E-state index contributed by atoms with van der Waals surface area (Å²) in [5, 5.41) is 9.22. The smallest absolute Gasteiger partial charge is 0.335 e. The minimum atomic E-state index is -1.00. The highest BCUT2D eigenvalue weighted by Crippen LogP contribution is 2.20. The van der Waals surface area contributed by atoms with E-state index in [0.29, 0.717) is 18.7 Å². The van der Waals surface area contributed by atoms with Crippen LogP contribution in [0.1, 0.15) is 28.8 Å². The molecule has 0 unspecified atom stereocenters. The molecule has 0 bridgehead atoms. The summed E-state index contributed by atoms with van der Waals surface area (Å²) in [5.41, 5.74) is 0.751. The number of aromatic carboxylic acids is 1. The van der Waals surface area contributed by atoms with Crippen molar-refractivity contribution in [3.63, 3.8) is 0 Å². The molecule has 0 aliphatic carbocycles. The lowest BCUT2D eigenvalue weighted by atomic mass is 10.0. The van der Waals surface area contributed by atoms with E-state index in [0.717, 1.165) is 18.6 Å². The van der Waals surface area contributed by atoms with Gasteiger partial charge in [0.15, 0.2) is 0 Å². The molecule has 5 heteroatoms. The fourth-order valence-electron chi connectivity index (χ4n) is 3.07. The molecule has 0 saturated carbocycles. The minimum absolute atomic E-state index is 0.0353. The number of amides is 1. The first-order chi connectivity index (χ1) is 12.1. The molecule has 2 aromatic rings. The third kappa shape index (κ3) is 4.38. The summed E-state index contributed by atoms with van der Waals surface area (Å²) in [4.78, 5) is 25.5. The van der Waals surface area contributed by atoms with Gasteiger partial charge in [-0.15, -0.1) is 0 Å². The van der Waals surface area contributed by atoms with Gasteiger partial charge in [0.05, 0.1) is 12.0 Å². The van der Waals surface area contributed by atoms with E-state index in [2.05, 4.69) is 0 Å². The zero-order valence-corrected chi connectivity index (χ0v) is 13.9. The molecule has 25 heavy (non-hydrogen) atoms. The number of rotatable bonds is 5. The summed E-state index contributed by atoms with van der Waals surface area (Å²) >= 11 is 0. The first kappa shape index (κ1) is 17.0. The second-order valence-electron chi connectivity index (χ2n) is 6.15. The standard InChI is InChI=1S/C20H21NO4/c22-19(14-15-6-4-5-9-18(15)20(23)24)21-12-10-17(11-13-21)25-16-7-2-1-3-8-16/h1-9,17H,10-14H2,(H,23,24). The highest BCUT2D eigenvalue weighted by molar-refractivity contribution is 5.91. The van der Waals surface area contributed by atoms with Crippen LogP contribution in [0.15, 0.2) is 54.6 Å². The number of carbonyl (C=O) groups excluding carboxylic acids is 1. The Hall–Kier alpha value is -2.82. The van der Waals surface area contributed by atoms with Crippen molar-refractivity contribution >= 4 is 11.9 Å². The predicted octanol–water partition coefficient (Wildman–Crippen LogP) is 3.00. The number of nitrogens with zero attached hydrogens (tertiary/aromatic N) is 1. The second-order valence-corrected chi connectivity index (χ2v) is 6.15. The summed E-state index contributed by atoms with van der Waals surface area (Å²) in [6, 6.07) is 16.3. The largest absolute Gasteiger partial charge is 0.490 e. The summed E-state index contributed by atoms with van der Waals surface area (Å²) < 4.78 is 5.94. The van der Waals surface area contributed by atoms with Gasteiger partial charge in [0.1, 0.15) is 11.9 Å². The van der Waals surface area contributed by atoms with Crippen LogP contribution in [-0.4, -0.2) is 41.1 Å². The second kappa shape index (κ2) is 7.83.